The van der Waals surface area contributed by atoms with Crippen LogP contribution in [-0.2, 0) is 14.3 Å². The van der Waals surface area contributed by atoms with Gasteiger partial charge in [-0.25, -0.2) is 9.67 Å². The van der Waals surface area contributed by atoms with E-state index in [1.807, 2.05) is 11.0 Å². The van der Waals surface area contributed by atoms with Crippen molar-refractivity contribution in [1.29, 1.82) is 0 Å². The Kier molecular flexibility index (Phi) is 7.30. The highest BCUT2D eigenvalue weighted by Gasteiger charge is 2.71. The molecule has 3 saturated carbocycles. The molecule has 0 amide bonds. The third-order valence-electron chi connectivity index (χ3n) is 14.3. The molecule has 234 valence electrons. The molecular weight excluding hydrogens is 528 g/mol. The van der Waals surface area contributed by atoms with Crippen molar-refractivity contribution in [1.82, 2.24) is 14.8 Å². The van der Waals surface area contributed by atoms with Gasteiger partial charge >= 0.3 is 5.97 Å². The highest BCUT2D eigenvalue weighted by atomic mass is 16.5. The Labute approximate surface area is 252 Å². The van der Waals surface area contributed by atoms with Crippen molar-refractivity contribution < 1.29 is 19.4 Å². The molecule has 1 saturated heterocycles. The number of carboxylic acid groups (broad SMARTS) is 1. The fourth-order valence-corrected chi connectivity index (χ4v) is 11.7. The van der Waals surface area contributed by atoms with Crippen molar-refractivity contribution in [2.24, 2.45) is 62.4 Å². The lowest BCUT2D eigenvalue weighted by molar-refractivity contribution is -0.249. The summed E-state index contributed by atoms with van der Waals surface area (Å²) >= 11 is 0. The largest absolute Gasteiger partial charge is 0.481 e. The van der Waals surface area contributed by atoms with E-state index >= 15 is 0 Å². The molecule has 8 heteroatoms. The molecule has 11 atom stereocenters. The molecule has 2 heterocycles. The fraction of sp³-hybridized carbons (Fsp3) is 0.853. The highest BCUT2D eigenvalue weighted by molar-refractivity contribution is 5.73. The maximum absolute atomic E-state index is 13.3. The number of aromatic nitrogens is 3. The SMILES string of the molecule is CC(C)[C@@H](C)[C@@]1(C)CC[C@]2(C)[C@H]3CC[C@@H]4[C@@]5(COC[C@@]4(C)[C@@H](OCCN)[C@H](n4cncn4)C5)C3=CC[C@@]2(C)[C@@H]1C(=O)O. The first-order valence-corrected chi connectivity index (χ1v) is 16.5. The molecule has 0 radical (unpaired) electrons. The summed E-state index contributed by atoms with van der Waals surface area (Å²) in [5.74, 6) is 0.555. The van der Waals surface area contributed by atoms with Crippen molar-refractivity contribution >= 4 is 5.97 Å². The van der Waals surface area contributed by atoms with Crippen LogP contribution in [0.3, 0.4) is 0 Å². The Morgan fingerprint density at radius 1 is 1.17 bits per heavy atom. The standard InChI is InChI=1S/C34H54N4O4/c1-21(2)22(3)30(4)12-13-32(6)23-8-9-26-31(5)17-41-18-34(26,24(23)10-11-33(32,7)27(30)29(39)40)16-25(28(31)42-15-14-35)38-20-36-19-37-38/h10,19-23,25-28H,8-9,11-18,35H2,1-7H3,(H,39,40)/t22-,23+,25-,26+,27-,28+,30-,31-,32-,33+,34+/m1/s1. The number of hydrogen-bond donors (Lipinski definition) is 2. The molecule has 4 fully saturated rings. The van der Waals surface area contributed by atoms with E-state index in [4.69, 9.17) is 15.2 Å². The first-order valence-electron chi connectivity index (χ1n) is 16.5. The van der Waals surface area contributed by atoms with Crippen molar-refractivity contribution in [3.8, 4) is 0 Å². The maximum Gasteiger partial charge on any atom is 0.307 e. The van der Waals surface area contributed by atoms with Crippen molar-refractivity contribution in [3.05, 3.63) is 24.3 Å². The van der Waals surface area contributed by atoms with E-state index in [-0.39, 0.29) is 45.1 Å². The molecule has 8 nitrogen and oxygen atoms in total. The summed E-state index contributed by atoms with van der Waals surface area (Å²) in [7, 11) is 0. The molecule has 1 aromatic heterocycles. The Balaban J connectivity index is 1.46. The lowest BCUT2D eigenvalue weighted by atomic mass is 9.34. The van der Waals surface area contributed by atoms with E-state index in [0.717, 1.165) is 38.5 Å². The normalized spacial score (nSPS) is 47.2. The van der Waals surface area contributed by atoms with Crippen LogP contribution in [-0.4, -0.2) is 58.3 Å². The van der Waals surface area contributed by atoms with Crippen LogP contribution in [0.5, 0.6) is 0 Å². The quantitative estimate of drug-likeness (QED) is 0.394. The minimum absolute atomic E-state index is 0.0401. The first-order chi connectivity index (χ1) is 19.8. The number of aliphatic carboxylic acids is 1. The van der Waals surface area contributed by atoms with Crippen molar-refractivity contribution in [2.45, 2.75) is 99.1 Å². The van der Waals surface area contributed by atoms with Gasteiger partial charge in [0.2, 0.25) is 0 Å². The van der Waals surface area contributed by atoms with Crippen LogP contribution in [0.1, 0.15) is 93.0 Å². The number of ether oxygens (including phenoxy) is 2. The Morgan fingerprint density at radius 2 is 1.93 bits per heavy atom. The van der Waals surface area contributed by atoms with E-state index in [1.54, 1.807) is 6.33 Å². The molecular formula is C34H54N4O4. The Bertz CT molecular complexity index is 1220. The molecule has 1 aromatic rings. The summed E-state index contributed by atoms with van der Waals surface area (Å²) in [6.45, 7) is 18.6. The van der Waals surface area contributed by atoms with Crippen LogP contribution in [0.25, 0.3) is 0 Å². The van der Waals surface area contributed by atoms with Crippen LogP contribution in [0.4, 0.5) is 0 Å². The minimum Gasteiger partial charge on any atom is -0.481 e. The molecule has 0 aromatic carbocycles. The Hall–Kier alpha value is -1.77. The van der Waals surface area contributed by atoms with Crippen LogP contribution in [0, 0.1) is 56.7 Å². The molecule has 4 aliphatic carbocycles. The number of nitrogens with two attached hydrogens (primary N) is 1. The molecule has 0 spiro atoms. The second kappa shape index (κ2) is 10.1. The summed E-state index contributed by atoms with van der Waals surface area (Å²) in [5, 5.41) is 15.6. The minimum atomic E-state index is -0.612. The molecule has 5 aliphatic rings. The van der Waals surface area contributed by atoms with Gasteiger partial charge in [-0.15, -0.1) is 0 Å². The monoisotopic (exact) mass is 582 g/mol. The van der Waals surface area contributed by atoms with E-state index in [0.29, 0.717) is 50.0 Å². The van der Waals surface area contributed by atoms with E-state index in [1.165, 1.54) is 5.57 Å². The number of carbonyl (C=O) groups is 1. The van der Waals surface area contributed by atoms with Gasteiger partial charge in [0.25, 0.3) is 0 Å². The summed E-state index contributed by atoms with van der Waals surface area (Å²) in [6, 6.07) is 0.0401. The number of allylic oxidation sites excluding steroid dienone is 1. The maximum atomic E-state index is 13.3. The van der Waals surface area contributed by atoms with Gasteiger partial charge in [-0.05, 0) is 78.4 Å². The zero-order valence-electron chi connectivity index (χ0n) is 26.9. The molecule has 3 N–H and O–H groups in total. The second-order valence-corrected chi connectivity index (χ2v) is 16.1. The van der Waals surface area contributed by atoms with Gasteiger partial charge in [0.15, 0.2) is 0 Å². The van der Waals surface area contributed by atoms with Crippen LogP contribution in [0.2, 0.25) is 0 Å². The smallest absolute Gasteiger partial charge is 0.307 e. The average Bonchev–Trinajstić information content (AvgIpc) is 3.47. The topological polar surface area (TPSA) is 112 Å². The number of fused-ring (bicyclic) bond motifs is 3. The predicted molar refractivity (Wildman–Crippen MR) is 161 cm³/mol. The predicted octanol–water partition coefficient (Wildman–Crippen LogP) is 5.75. The zero-order valence-corrected chi connectivity index (χ0v) is 26.9. The lowest BCUT2D eigenvalue weighted by Crippen LogP contribution is -2.69. The summed E-state index contributed by atoms with van der Waals surface area (Å²) in [5.41, 5.74) is 6.51. The number of carboxylic acids is 1. The molecule has 42 heavy (non-hydrogen) atoms. The highest BCUT2D eigenvalue weighted by Crippen LogP contribution is 2.75. The van der Waals surface area contributed by atoms with Gasteiger partial charge in [0.1, 0.15) is 12.7 Å². The van der Waals surface area contributed by atoms with Gasteiger partial charge < -0.3 is 20.3 Å². The summed E-state index contributed by atoms with van der Waals surface area (Å²) < 4.78 is 15.2. The summed E-state index contributed by atoms with van der Waals surface area (Å²) in [4.78, 5) is 17.6. The number of nitrogens with zero attached hydrogens (tertiary/aromatic N) is 3. The number of rotatable bonds is 7. The van der Waals surface area contributed by atoms with Crippen LogP contribution < -0.4 is 5.73 Å². The van der Waals surface area contributed by atoms with Crippen molar-refractivity contribution in [3.63, 3.8) is 0 Å². The Morgan fingerprint density at radius 3 is 2.57 bits per heavy atom. The van der Waals surface area contributed by atoms with Crippen LogP contribution >= 0.6 is 0 Å². The molecule has 6 rings (SSSR count). The second-order valence-electron chi connectivity index (χ2n) is 16.1. The first kappa shape index (κ1) is 30.3. The van der Waals surface area contributed by atoms with Gasteiger partial charge in [-0.2, -0.15) is 5.10 Å². The zero-order chi connectivity index (χ0) is 30.3. The summed E-state index contributed by atoms with van der Waals surface area (Å²) in [6.07, 6.45) is 11.8. The van der Waals surface area contributed by atoms with Gasteiger partial charge in [0.05, 0.1) is 37.9 Å². The van der Waals surface area contributed by atoms with E-state index in [2.05, 4.69) is 64.6 Å². The molecule has 1 aliphatic heterocycles. The van der Waals surface area contributed by atoms with Crippen LogP contribution in [0.15, 0.2) is 24.3 Å². The van der Waals surface area contributed by atoms with Crippen molar-refractivity contribution in [2.75, 3.05) is 26.4 Å². The van der Waals surface area contributed by atoms with Gasteiger partial charge in [-0.3, -0.25) is 4.79 Å². The van der Waals surface area contributed by atoms with E-state index < -0.39 is 5.97 Å². The lowest BCUT2D eigenvalue weighted by Gasteiger charge is -2.71. The third kappa shape index (κ3) is 3.86. The van der Waals surface area contributed by atoms with E-state index in [9.17, 15) is 9.90 Å². The third-order valence-corrected chi connectivity index (χ3v) is 14.3. The molecule has 0 unspecified atom stereocenters. The fourth-order valence-electron chi connectivity index (χ4n) is 11.7. The van der Waals surface area contributed by atoms with Gasteiger partial charge in [0, 0.05) is 17.4 Å². The average molecular weight is 583 g/mol. The molecule has 2 bridgehead atoms. The van der Waals surface area contributed by atoms with Gasteiger partial charge in [-0.1, -0.05) is 60.1 Å². The number of hydrogen-bond acceptors (Lipinski definition) is 6.